The fourth-order valence-electron chi connectivity index (χ4n) is 2.80. The summed E-state index contributed by atoms with van der Waals surface area (Å²) in [6, 6.07) is 4.34. The molecule has 0 aromatic carbocycles. The maximum absolute atomic E-state index is 11.7. The second-order valence-corrected chi connectivity index (χ2v) is 5.66. The summed E-state index contributed by atoms with van der Waals surface area (Å²) in [6.45, 7) is 5.94. The number of hydrogen-bond acceptors (Lipinski definition) is 2. The SMILES string of the molecule is Cc1ccn(CCNC2CCCC(C)C2)c(=O)c1. The van der Waals surface area contributed by atoms with Crippen molar-refractivity contribution in [2.75, 3.05) is 6.54 Å². The van der Waals surface area contributed by atoms with Gasteiger partial charge in [-0.2, -0.15) is 0 Å². The Kier molecular flexibility index (Phi) is 4.59. The van der Waals surface area contributed by atoms with E-state index in [2.05, 4.69) is 12.2 Å². The van der Waals surface area contributed by atoms with E-state index in [1.807, 2.05) is 19.2 Å². The molecule has 1 saturated carbocycles. The van der Waals surface area contributed by atoms with Crippen LogP contribution in [0.3, 0.4) is 0 Å². The van der Waals surface area contributed by atoms with E-state index in [1.165, 1.54) is 25.7 Å². The Hall–Kier alpha value is -1.09. The van der Waals surface area contributed by atoms with Crippen LogP contribution in [0.5, 0.6) is 0 Å². The Bertz CT molecular complexity index is 438. The quantitative estimate of drug-likeness (QED) is 0.887. The lowest BCUT2D eigenvalue weighted by molar-refractivity contribution is 0.299. The molecule has 2 unspecified atom stereocenters. The molecular weight excluding hydrogens is 224 g/mol. The molecule has 0 radical (unpaired) electrons. The van der Waals surface area contributed by atoms with E-state index in [4.69, 9.17) is 0 Å². The highest BCUT2D eigenvalue weighted by molar-refractivity contribution is 5.07. The highest BCUT2D eigenvalue weighted by atomic mass is 16.1. The number of hydrogen-bond donors (Lipinski definition) is 1. The van der Waals surface area contributed by atoms with Gasteiger partial charge in [0.15, 0.2) is 0 Å². The van der Waals surface area contributed by atoms with E-state index >= 15 is 0 Å². The molecule has 1 aliphatic rings. The molecule has 0 saturated heterocycles. The fourth-order valence-corrected chi connectivity index (χ4v) is 2.80. The summed E-state index contributed by atoms with van der Waals surface area (Å²) in [5, 5.41) is 3.58. The van der Waals surface area contributed by atoms with E-state index in [-0.39, 0.29) is 5.56 Å². The van der Waals surface area contributed by atoms with Gasteiger partial charge in [0.05, 0.1) is 0 Å². The summed E-state index contributed by atoms with van der Waals surface area (Å²) in [5.41, 5.74) is 1.14. The minimum Gasteiger partial charge on any atom is -0.314 e. The van der Waals surface area contributed by atoms with Crippen LogP contribution < -0.4 is 10.9 Å². The molecule has 3 nitrogen and oxygen atoms in total. The van der Waals surface area contributed by atoms with Crippen molar-refractivity contribution in [1.29, 1.82) is 0 Å². The molecule has 100 valence electrons. The fraction of sp³-hybridized carbons (Fsp3) is 0.667. The Morgan fingerprint density at radius 1 is 1.44 bits per heavy atom. The molecule has 18 heavy (non-hydrogen) atoms. The van der Waals surface area contributed by atoms with Gasteiger partial charge in [-0.15, -0.1) is 0 Å². The van der Waals surface area contributed by atoms with Gasteiger partial charge < -0.3 is 9.88 Å². The molecule has 3 heteroatoms. The van der Waals surface area contributed by atoms with Crippen molar-refractivity contribution in [3.8, 4) is 0 Å². The second-order valence-electron chi connectivity index (χ2n) is 5.66. The minimum absolute atomic E-state index is 0.105. The molecule has 2 atom stereocenters. The van der Waals surface area contributed by atoms with Gasteiger partial charge >= 0.3 is 0 Å². The van der Waals surface area contributed by atoms with E-state index in [0.717, 1.165) is 24.6 Å². The van der Waals surface area contributed by atoms with Crippen molar-refractivity contribution in [1.82, 2.24) is 9.88 Å². The van der Waals surface area contributed by atoms with Crippen LogP contribution in [0.25, 0.3) is 0 Å². The van der Waals surface area contributed by atoms with E-state index in [9.17, 15) is 4.79 Å². The Morgan fingerprint density at radius 2 is 2.28 bits per heavy atom. The third kappa shape index (κ3) is 3.70. The van der Waals surface area contributed by atoms with Crippen LogP contribution in [0, 0.1) is 12.8 Å². The van der Waals surface area contributed by atoms with Crippen molar-refractivity contribution in [3.05, 3.63) is 34.2 Å². The predicted molar refractivity (Wildman–Crippen MR) is 74.9 cm³/mol. The van der Waals surface area contributed by atoms with Crippen molar-refractivity contribution < 1.29 is 0 Å². The van der Waals surface area contributed by atoms with Crippen LogP contribution in [0.1, 0.15) is 38.2 Å². The van der Waals surface area contributed by atoms with Gasteiger partial charge in [-0.05, 0) is 37.3 Å². The molecular formula is C15H24N2O. The molecule has 1 aromatic rings. The van der Waals surface area contributed by atoms with Crippen molar-refractivity contribution in [3.63, 3.8) is 0 Å². The number of nitrogens with one attached hydrogen (secondary N) is 1. The lowest BCUT2D eigenvalue weighted by Crippen LogP contribution is -2.36. The van der Waals surface area contributed by atoms with Crippen molar-refractivity contribution in [2.24, 2.45) is 5.92 Å². The van der Waals surface area contributed by atoms with Gasteiger partial charge in [0.25, 0.3) is 5.56 Å². The minimum atomic E-state index is 0.105. The van der Waals surface area contributed by atoms with Crippen LogP contribution in [0.4, 0.5) is 0 Å². The lowest BCUT2D eigenvalue weighted by atomic mass is 9.87. The highest BCUT2D eigenvalue weighted by Crippen LogP contribution is 2.23. The number of aryl methyl sites for hydroxylation is 1. The maximum Gasteiger partial charge on any atom is 0.250 e. The van der Waals surface area contributed by atoms with Gasteiger partial charge in [-0.25, -0.2) is 0 Å². The number of nitrogens with zero attached hydrogens (tertiary/aromatic N) is 1. The average molecular weight is 248 g/mol. The summed E-state index contributed by atoms with van der Waals surface area (Å²) >= 11 is 0. The van der Waals surface area contributed by atoms with Crippen LogP contribution in [-0.4, -0.2) is 17.2 Å². The molecule has 0 aliphatic heterocycles. The molecule has 1 aliphatic carbocycles. The first-order chi connectivity index (χ1) is 8.65. The van der Waals surface area contributed by atoms with Crippen molar-refractivity contribution in [2.45, 2.75) is 52.1 Å². The van der Waals surface area contributed by atoms with Gasteiger partial charge in [-0.3, -0.25) is 4.79 Å². The normalized spacial score (nSPS) is 24.1. The molecule has 1 aromatic heterocycles. The topological polar surface area (TPSA) is 34.0 Å². The first-order valence-corrected chi connectivity index (χ1v) is 7.05. The molecule has 1 fully saturated rings. The number of aromatic nitrogens is 1. The molecule has 2 rings (SSSR count). The van der Waals surface area contributed by atoms with Crippen molar-refractivity contribution >= 4 is 0 Å². The Morgan fingerprint density at radius 3 is 3.00 bits per heavy atom. The van der Waals surface area contributed by atoms with Crippen LogP contribution in [0.2, 0.25) is 0 Å². The second kappa shape index (κ2) is 6.19. The third-order valence-corrected chi connectivity index (χ3v) is 3.87. The largest absolute Gasteiger partial charge is 0.314 e. The third-order valence-electron chi connectivity index (χ3n) is 3.87. The molecule has 1 N–H and O–H groups in total. The number of pyridine rings is 1. The van der Waals surface area contributed by atoms with Crippen LogP contribution >= 0.6 is 0 Å². The number of rotatable bonds is 4. The smallest absolute Gasteiger partial charge is 0.250 e. The van der Waals surface area contributed by atoms with Crippen LogP contribution in [0.15, 0.2) is 23.1 Å². The van der Waals surface area contributed by atoms with Gasteiger partial charge in [0.1, 0.15) is 0 Å². The highest BCUT2D eigenvalue weighted by Gasteiger charge is 2.17. The van der Waals surface area contributed by atoms with Gasteiger partial charge in [0.2, 0.25) is 0 Å². The monoisotopic (exact) mass is 248 g/mol. The first kappa shape index (κ1) is 13.3. The zero-order chi connectivity index (χ0) is 13.0. The zero-order valence-electron chi connectivity index (χ0n) is 11.5. The summed E-state index contributed by atoms with van der Waals surface area (Å²) in [5.74, 6) is 0.846. The zero-order valence-corrected chi connectivity index (χ0v) is 11.5. The molecule has 0 bridgehead atoms. The summed E-state index contributed by atoms with van der Waals surface area (Å²) in [4.78, 5) is 11.7. The average Bonchev–Trinajstić information content (AvgIpc) is 2.32. The summed E-state index contributed by atoms with van der Waals surface area (Å²) in [7, 11) is 0. The van der Waals surface area contributed by atoms with E-state index in [1.54, 1.807) is 10.6 Å². The van der Waals surface area contributed by atoms with E-state index in [0.29, 0.717) is 6.04 Å². The Labute approximate surface area is 109 Å². The van der Waals surface area contributed by atoms with Gasteiger partial charge in [0, 0.05) is 31.4 Å². The lowest BCUT2D eigenvalue weighted by Gasteiger charge is -2.27. The molecule has 1 heterocycles. The Balaban J connectivity index is 1.79. The molecule has 0 spiro atoms. The molecule has 0 amide bonds. The van der Waals surface area contributed by atoms with E-state index < -0.39 is 0 Å². The standard InChI is InChI=1S/C15H24N2O/c1-12-4-3-5-14(10-12)16-7-9-17-8-6-13(2)11-15(17)18/h6,8,11-12,14,16H,3-5,7,9-10H2,1-2H3. The first-order valence-electron chi connectivity index (χ1n) is 7.05. The predicted octanol–water partition coefficient (Wildman–Crippen LogP) is 2.33. The maximum atomic E-state index is 11.7. The summed E-state index contributed by atoms with van der Waals surface area (Å²) in [6.07, 6.45) is 7.16. The summed E-state index contributed by atoms with van der Waals surface area (Å²) < 4.78 is 1.78. The van der Waals surface area contributed by atoms with Gasteiger partial charge in [-0.1, -0.05) is 19.8 Å². The van der Waals surface area contributed by atoms with Crippen LogP contribution in [-0.2, 0) is 6.54 Å².